The Kier molecular flexibility index (Phi) is 23.6. The van der Waals surface area contributed by atoms with E-state index in [1.165, 1.54) is 333 Å². The summed E-state index contributed by atoms with van der Waals surface area (Å²) in [6.45, 7) is 74.9. The molecule has 0 aliphatic carbocycles. The lowest BCUT2D eigenvalue weighted by atomic mass is 10.0. The minimum atomic E-state index is 0.379. The molecule has 0 aromatic carbocycles. The van der Waals surface area contributed by atoms with Crippen molar-refractivity contribution in [2.45, 2.75) is 209 Å². The summed E-state index contributed by atoms with van der Waals surface area (Å²) in [5, 5.41) is 0. The molecule has 0 saturated carbocycles. The zero-order valence-electron chi connectivity index (χ0n) is 54.3. The Labute approximate surface area is 479 Å². The van der Waals surface area contributed by atoms with Crippen LogP contribution in [-0.4, -0.2) is 290 Å². The van der Waals surface area contributed by atoms with Gasteiger partial charge in [0.05, 0.1) is 157 Å². The minimum Gasteiger partial charge on any atom is -0.310 e. The van der Waals surface area contributed by atoms with Crippen molar-refractivity contribution in [1.82, 2.24) is 29.4 Å². The summed E-state index contributed by atoms with van der Waals surface area (Å²) in [4.78, 5) is 16.0. The molecule has 450 valence electrons. The highest BCUT2D eigenvalue weighted by atomic mass is 15.6. The first-order chi connectivity index (χ1) is 36.6. The van der Waals surface area contributed by atoms with E-state index in [9.17, 15) is 0 Å². The van der Waals surface area contributed by atoms with Gasteiger partial charge in [0.15, 0.2) is 0 Å². The van der Waals surface area contributed by atoms with Crippen LogP contribution < -0.4 is 0 Å². The van der Waals surface area contributed by atoms with Crippen LogP contribution in [0.3, 0.4) is 0 Å². The van der Waals surface area contributed by atoms with Crippen molar-refractivity contribution >= 4 is 0 Å². The number of quaternary nitrogens is 6. The van der Waals surface area contributed by atoms with E-state index in [0.717, 1.165) is 18.0 Å². The van der Waals surface area contributed by atoms with Crippen LogP contribution in [0.4, 0.5) is 0 Å². The molecule has 12 aliphatic rings. The first-order valence-corrected chi connectivity index (χ1v) is 34.2. The van der Waals surface area contributed by atoms with Crippen LogP contribution in [0.25, 0.3) is 0 Å². The second-order valence-corrected chi connectivity index (χ2v) is 31.1. The quantitative estimate of drug-likeness (QED) is 0.213. The van der Waals surface area contributed by atoms with Crippen LogP contribution in [0.1, 0.15) is 186 Å². The van der Waals surface area contributed by atoms with E-state index >= 15 is 0 Å². The highest BCUT2D eigenvalue weighted by Crippen LogP contribution is 2.33. The molecule has 12 rings (SSSR count). The van der Waals surface area contributed by atoms with E-state index in [2.05, 4.69) is 119 Å². The smallest absolute Gasteiger partial charge is 0.135 e. The third kappa shape index (κ3) is 17.8. The molecule has 77 heavy (non-hydrogen) atoms. The number of nitrogens with zero attached hydrogens (tertiary/aromatic N) is 12. The van der Waals surface area contributed by atoms with Crippen LogP contribution in [0.2, 0.25) is 0 Å². The fraction of sp³-hybridized carbons (Fsp3) is 1.00. The monoisotopic (exact) mass is 1090 g/mol. The van der Waals surface area contributed by atoms with E-state index in [1.54, 1.807) is 0 Å². The summed E-state index contributed by atoms with van der Waals surface area (Å²) in [6, 6.07) is 1.56. The zero-order valence-corrected chi connectivity index (χ0v) is 54.3. The summed E-state index contributed by atoms with van der Waals surface area (Å²) in [5.74, 6) is 0.834. The minimum absolute atomic E-state index is 0.379. The van der Waals surface area contributed by atoms with Crippen LogP contribution in [0, 0.1) is 5.92 Å². The van der Waals surface area contributed by atoms with E-state index in [1.807, 2.05) is 0 Å². The van der Waals surface area contributed by atoms with Crippen LogP contribution in [0.15, 0.2) is 0 Å². The molecule has 0 N–H and O–H groups in total. The predicted octanol–water partition coefficient (Wildman–Crippen LogP) is 9.48. The Balaban J connectivity index is 0.000000134. The summed E-state index contributed by atoms with van der Waals surface area (Å²) < 4.78 is 8.50. The van der Waals surface area contributed by atoms with Gasteiger partial charge in [-0.2, -0.15) is 0 Å². The second-order valence-electron chi connectivity index (χ2n) is 31.1. The normalized spacial score (nSPS) is 28.7. The Morgan fingerprint density at radius 2 is 0.701 bits per heavy atom. The van der Waals surface area contributed by atoms with Gasteiger partial charge in [0.25, 0.3) is 0 Å². The average Bonchev–Trinajstić information content (AvgIpc) is 4.25. The van der Waals surface area contributed by atoms with E-state index in [0.29, 0.717) is 11.1 Å². The fourth-order valence-corrected chi connectivity index (χ4v) is 16.9. The lowest BCUT2D eigenvalue weighted by Gasteiger charge is -2.35. The van der Waals surface area contributed by atoms with Gasteiger partial charge in [0.1, 0.15) is 40.0 Å². The van der Waals surface area contributed by atoms with Crippen LogP contribution in [-0.2, 0) is 0 Å². The predicted molar refractivity (Wildman–Crippen MR) is 328 cm³/mol. The topological polar surface area (TPSA) is 19.4 Å². The molecule has 0 amide bonds. The van der Waals surface area contributed by atoms with E-state index in [-0.39, 0.29) is 0 Å². The largest absolute Gasteiger partial charge is 0.310 e. The molecule has 1 atom stereocenters. The lowest BCUT2D eigenvalue weighted by molar-refractivity contribution is -0.909. The van der Waals surface area contributed by atoms with E-state index < -0.39 is 0 Å². The molecule has 12 fully saturated rings. The Morgan fingerprint density at radius 3 is 1.06 bits per heavy atom. The maximum atomic E-state index is 2.71. The van der Waals surface area contributed by atoms with Gasteiger partial charge in [-0.15, -0.1) is 0 Å². The standard InChI is InChI=1S/C12H25N2.3C11H23N2.2C10H21N2/c1-4-12(2,3)13-7-10-14(11-13)8-5-6-9-14;1-11(2,3)12-6-9-13(10-12)7-4-5-8-13;1-11(2)9-12-5-8-13(10-12)6-3-4-7-13;1-3-11(2)12-6-9-13(10-12)7-4-5-8-13;1-10(2)11-5-8-12(9-11)6-3-4-7-12;1-2-5-11-6-9-12(10-11)7-3-4-8-12/h4-11H2,1-3H3;4-10H2,1-3H3;2*11H,3-10H2,1-2H3;10H,3-9H2,1-2H3;2-10H2,1H3/q6*+1. The lowest BCUT2D eigenvalue weighted by Crippen LogP contribution is -2.48. The molecule has 0 aromatic heterocycles. The second kappa shape index (κ2) is 28.4. The molecule has 0 bridgehead atoms. The Bertz CT molecular complexity index is 1670. The average molecular weight is 1090 g/mol. The van der Waals surface area contributed by atoms with Crippen molar-refractivity contribution in [2.75, 3.05) is 210 Å². The van der Waals surface area contributed by atoms with Crippen molar-refractivity contribution in [3.63, 3.8) is 0 Å². The third-order valence-electron chi connectivity index (χ3n) is 23.0. The van der Waals surface area contributed by atoms with Crippen molar-refractivity contribution in [3.05, 3.63) is 0 Å². The molecule has 12 aliphatic heterocycles. The first-order valence-electron chi connectivity index (χ1n) is 34.2. The van der Waals surface area contributed by atoms with Gasteiger partial charge < -0.3 is 26.9 Å². The van der Waals surface area contributed by atoms with Gasteiger partial charge in [0, 0.05) is 113 Å². The van der Waals surface area contributed by atoms with Gasteiger partial charge in [-0.25, -0.2) is 19.6 Å². The molecule has 6 spiro atoms. The third-order valence-corrected chi connectivity index (χ3v) is 23.0. The molecule has 12 nitrogen and oxygen atoms in total. The molecule has 1 unspecified atom stereocenters. The van der Waals surface area contributed by atoms with Gasteiger partial charge in [-0.05, 0) is 80.6 Å². The molecular weight excluding hydrogens is 949 g/mol. The maximum absolute atomic E-state index is 2.71. The van der Waals surface area contributed by atoms with Crippen molar-refractivity contribution < 1.29 is 26.9 Å². The maximum Gasteiger partial charge on any atom is 0.135 e. The summed E-state index contributed by atoms with van der Waals surface area (Å²) >= 11 is 0. The fourth-order valence-electron chi connectivity index (χ4n) is 16.9. The number of hydrogen-bond acceptors (Lipinski definition) is 6. The van der Waals surface area contributed by atoms with E-state index in [4.69, 9.17) is 0 Å². The van der Waals surface area contributed by atoms with Crippen molar-refractivity contribution in [2.24, 2.45) is 5.92 Å². The molecular formula is C65H136N12+6. The Morgan fingerprint density at radius 1 is 0.364 bits per heavy atom. The van der Waals surface area contributed by atoms with Crippen molar-refractivity contribution in [1.29, 1.82) is 0 Å². The zero-order chi connectivity index (χ0) is 55.4. The number of hydrogen-bond donors (Lipinski definition) is 0. The van der Waals surface area contributed by atoms with Crippen LogP contribution >= 0.6 is 0 Å². The van der Waals surface area contributed by atoms with Gasteiger partial charge in [-0.3, -0.25) is 9.80 Å². The van der Waals surface area contributed by atoms with Gasteiger partial charge in [-0.1, -0.05) is 34.6 Å². The van der Waals surface area contributed by atoms with Gasteiger partial charge >= 0.3 is 0 Å². The molecule has 12 heterocycles. The highest BCUT2D eigenvalue weighted by molar-refractivity contribution is 4.82. The molecule has 12 saturated heterocycles. The highest BCUT2D eigenvalue weighted by Gasteiger charge is 2.46. The summed E-state index contributed by atoms with van der Waals surface area (Å²) in [6.07, 6.45) is 21.5. The van der Waals surface area contributed by atoms with Crippen molar-refractivity contribution in [3.8, 4) is 0 Å². The molecule has 0 radical (unpaired) electrons. The first kappa shape index (κ1) is 64.1. The SMILES string of the molecule is CC(C)(C)N1CC[N+]2(CCCC2)C1.CC(C)CN1CC[N+]2(CCCC2)C1.CC(C)N1CC[N+]2(CCCC2)C1.CCC(C)(C)N1CC[N+]2(CCCC2)C1.CCC(C)N1CC[N+]2(CCCC2)C1.CCCN1CC[N+]2(CCCC2)C1. The number of rotatable bonds is 9. The van der Waals surface area contributed by atoms with Crippen LogP contribution in [0.5, 0.6) is 0 Å². The van der Waals surface area contributed by atoms with Gasteiger partial charge in [0.2, 0.25) is 0 Å². The summed E-state index contributed by atoms with van der Waals surface area (Å²) in [5.41, 5.74) is 0.800. The molecule has 0 aromatic rings. The molecule has 12 heteroatoms. The summed E-state index contributed by atoms with van der Waals surface area (Å²) in [7, 11) is 0. The Hall–Kier alpha value is -0.480.